The fourth-order valence-corrected chi connectivity index (χ4v) is 1.20. The van der Waals surface area contributed by atoms with Crippen LogP contribution in [0.5, 0.6) is 5.75 Å². The normalized spacial score (nSPS) is 9.57. The van der Waals surface area contributed by atoms with Crippen LogP contribution < -0.4 is 4.74 Å². The van der Waals surface area contributed by atoms with Crippen molar-refractivity contribution in [1.29, 1.82) is 0 Å². The Hall–Kier alpha value is -1.62. The minimum atomic E-state index is -0.672. The number of nitrogens with zero attached hydrogens (tertiary/aromatic N) is 1. The van der Waals surface area contributed by atoms with Gasteiger partial charge in [0.2, 0.25) is 0 Å². The summed E-state index contributed by atoms with van der Waals surface area (Å²) in [6.07, 6.45) is 0.386. The van der Waals surface area contributed by atoms with Crippen molar-refractivity contribution in [3.05, 3.63) is 32.8 Å². The molecule has 6 heteroatoms. The maximum atomic E-state index is 10.5. The van der Waals surface area contributed by atoms with Crippen LogP contribution in [0.25, 0.3) is 0 Å². The number of nitro groups is 1. The van der Waals surface area contributed by atoms with Gasteiger partial charge in [0.1, 0.15) is 5.75 Å². The van der Waals surface area contributed by atoms with Gasteiger partial charge in [0.15, 0.2) is 6.29 Å². The van der Waals surface area contributed by atoms with Gasteiger partial charge in [-0.2, -0.15) is 0 Å². The van der Waals surface area contributed by atoms with Gasteiger partial charge in [-0.25, -0.2) is 0 Å². The number of hydrogen-bond donors (Lipinski definition) is 0. The highest BCUT2D eigenvalue weighted by Crippen LogP contribution is 2.31. The van der Waals surface area contributed by atoms with Gasteiger partial charge in [0, 0.05) is 6.07 Å². The van der Waals surface area contributed by atoms with Gasteiger partial charge < -0.3 is 4.74 Å². The summed E-state index contributed by atoms with van der Waals surface area (Å²) >= 11 is 5.66. The van der Waals surface area contributed by atoms with Crippen molar-refractivity contribution >= 4 is 23.6 Å². The number of aldehydes is 1. The minimum Gasteiger partial charge on any atom is -0.495 e. The third kappa shape index (κ3) is 1.82. The molecule has 0 heterocycles. The lowest BCUT2D eigenvalue weighted by atomic mass is 10.2. The molecular weight excluding hydrogens is 210 g/mol. The molecule has 0 saturated heterocycles. The second-order valence-corrected chi connectivity index (χ2v) is 2.83. The van der Waals surface area contributed by atoms with E-state index in [0.717, 1.165) is 6.07 Å². The van der Waals surface area contributed by atoms with Gasteiger partial charge in [0.05, 0.1) is 22.6 Å². The molecule has 0 spiro atoms. The summed E-state index contributed by atoms with van der Waals surface area (Å²) in [5.74, 6) is 0.236. The highest BCUT2D eigenvalue weighted by molar-refractivity contribution is 6.32. The molecule has 0 unspecified atom stereocenters. The van der Waals surface area contributed by atoms with E-state index in [1.165, 1.54) is 13.2 Å². The number of benzene rings is 1. The van der Waals surface area contributed by atoms with E-state index in [-0.39, 0.29) is 22.0 Å². The average Bonchev–Trinajstić information content (AvgIpc) is 2.17. The third-order valence-corrected chi connectivity index (χ3v) is 1.92. The summed E-state index contributed by atoms with van der Waals surface area (Å²) in [4.78, 5) is 20.3. The number of nitro benzene ring substituents is 1. The molecule has 5 nitrogen and oxygen atoms in total. The fourth-order valence-electron chi connectivity index (χ4n) is 0.968. The summed E-state index contributed by atoms with van der Waals surface area (Å²) in [6.45, 7) is 0. The third-order valence-electron chi connectivity index (χ3n) is 1.62. The minimum absolute atomic E-state index is 0.0590. The molecule has 0 aliphatic carbocycles. The average molecular weight is 216 g/mol. The van der Waals surface area contributed by atoms with Crippen molar-refractivity contribution in [2.45, 2.75) is 0 Å². The largest absolute Gasteiger partial charge is 0.495 e. The molecule has 0 saturated carbocycles. The first-order valence-corrected chi connectivity index (χ1v) is 3.95. The molecule has 0 atom stereocenters. The van der Waals surface area contributed by atoms with E-state index in [1.807, 2.05) is 0 Å². The van der Waals surface area contributed by atoms with Crippen LogP contribution in [0.2, 0.25) is 5.02 Å². The molecule has 1 rings (SSSR count). The van der Waals surface area contributed by atoms with Crippen LogP contribution in [-0.4, -0.2) is 18.3 Å². The van der Waals surface area contributed by atoms with Crippen LogP contribution in [0.4, 0.5) is 5.69 Å². The highest BCUT2D eigenvalue weighted by Gasteiger charge is 2.17. The fraction of sp³-hybridized carbons (Fsp3) is 0.125. The highest BCUT2D eigenvalue weighted by atomic mass is 35.5. The molecule has 0 aliphatic rings. The Kier molecular flexibility index (Phi) is 3.03. The Morgan fingerprint density at radius 1 is 1.57 bits per heavy atom. The number of halogens is 1. The zero-order chi connectivity index (χ0) is 10.7. The molecule has 0 radical (unpaired) electrons. The first-order chi connectivity index (χ1) is 6.60. The van der Waals surface area contributed by atoms with Crippen molar-refractivity contribution in [2.24, 2.45) is 0 Å². The van der Waals surface area contributed by atoms with Crippen LogP contribution in [-0.2, 0) is 0 Å². The summed E-state index contributed by atoms with van der Waals surface area (Å²) in [5, 5.41) is 10.6. The van der Waals surface area contributed by atoms with E-state index >= 15 is 0 Å². The first-order valence-electron chi connectivity index (χ1n) is 3.57. The van der Waals surface area contributed by atoms with Crippen LogP contribution in [0.15, 0.2) is 12.1 Å². The van der Waals surface area contributed by atoms with E-state index in [2.05, 4.69) is 0 Å². The predicted octanol–water partition coefficient (Wildman–Crippen LogP) is 2.07. The molecule has 1 aromatic carbocycles. The molecule has 1 aromatic rings. The van der Waals surface area contributed by atoms with E-state index in [0.29, 0.717) is 6.29 Å². The van der Waals surface area contributed by atoms with Crippen LogP contribution >= 0.6 is 11.6 Å². The van der Waals surface area contributed by atoms with Crippen molar-refractivity contribution in [1.82, 2.24) is 0 Å². The summed E-state index contributed by atoms with van der Waals surface area (Å²) in [6, 6.07) is 2.32. The number of methoxy groups -OCH3 is 1. The molecular formula is C8H6ClNO4. The van der Waals surface area contributed by atoms with Gasteiger partial charge in [-0.15, -0.1) is 0 Å². The number of hydrogen-bond acceptors (Lipinski definition) is 4. The zero-order valence-corrected chi connectivity index (χ0v) is 7.95. The maximum absolute atomic E-state index is 10.5. The molecule has 0 amide bonds. The molecule has 0 fully saturated rings. The molecule has 14 heavy (non-hydrogen) atoms. The predicted molar refractivity (Wildman–Crippen MR) is 50.0 cm³/mol. The van der Waals surface area contributed by atoms with E-state index in [4.69, 9.17) is 16.3 Å². The topological polar surface area (TPSA) is 69.4 Å². The number of rotatable bonds is 3. The van der Waals surface area contributed by atoms with Crippen LogP contribution in [0, 0.1) is 10.1 Å². The summed E-state index contributed by atoms with van der Waals surface area (Å²) in [5.41, 5.74) is -0.387. The number of carbonyl (C=O) groups is 1. The molecule has 0 aromatic heterocycles. The van der Waals surface area contributed by atoms with Crippen molar-refractivity contribution in [3.8, 4) is 5.75 Å². The Morgan fingerprint density at radius 3 is 2.64 bits per heavy atom. The monoisotopic (exact) mass is 215 g/mol. The quantitative estimate of drug-likeness (QED) is 0.440. The van der Waals surface area contributed by atoms with Crippen molar-refractivity contribution in [3.63, 3.8) is 0 Å². The molecule has 0 N–H and O–H groups in total. The van der Waals surface area contributed by atoms with E-state index in [1.54, 1.807) is 0 Å². The SMILES string of the molecule is COc1cc(C=O)c([N+](=O)[O-])cc1Cl. The van der Waals surface area contributed by atoms with Crippen LogP contribution in [0.1, 0.15) is 10.4 Å². The van der Waals surface area contributed by atoms with Gasteiger partial charge in [-0.05, 0) is 6.07 Å². The molecule has 0 bridgehead atoms. The Balaban J connectivity index is 3.38. The van der Waals surface area contributed by atoms with E-state index < -0.39 is 4.92 Å². The van der Waals surface area contributed by atoms with Crippen LogP contribution in [0.3, 0.4) is 0 Å². The molecule has 0 aliphatic heterocycles. The van der Waals surface area contributed by atoms with Gasteiger partial charge >= 0.3 is 0 Å². The zero-order valence-electron chi connectivity index (χ0n) is 7.19. The van der Waals surface area contributed by atoms with Gasteiger partial charge in [-0.1, -0.05) is 11.6 Å². The van der Waals surface area contributed by atoms with Crippen molar-refractivity contribution < 1.29 is 14.5 Å². The summed E-state index contributed by atoms with van der Waals surface area (Å²) in [7, 11) is 1.36. The lowest BCUT2D eigenvalue weighted by molar-refractivity contribution is -0.385. The smallest absolute Gasteiger partial charge is 0.281 e. The Bertz CT molecular complexity index is 391. The number of carbonyl (C=O) groups excluding carboxylic acids is 1. The number of ether oxygens (including phenoxy) is 1. The Labute approximate surface area is 84.4 Å². The van der Waals surface area contributed by atoms with E-state index in [9.17, 15) is 14.9 Å². The second kappa shape index (κ2) is 4.06. The second-order valence-electron chi connectivity index (χ2n) is 2.42. The molecule has 74 valence electrons. The lowest BCUT2D eigenvalue weighted by Gasteiger charge is -2.03. The lowest BCUT2D eigenvalue weighted by Crippen LogP contribution is -1.96. The van der Waals surface area contributed by atoms with Crippen molar-refractivity contribution in [2.75, 3.05) is 7.11 Å². The van der Waals surface area contributed by atoms with Gasteiger partial charge in [-0.3, -0.25) is 14.9 Å². The standard InChI is InChI=1S/C8H6ClNO4/c1-14-8-2-5(4-11)7(10(12)13)3-6(8)9/h2-4H,1H3. The first kappa shape index (κ1) is 10.5. The Morgan fingerprint density at radius 2 is 2.21 bits per heavy atom. The maximum Gasteiger partial charge on any atom is 0.281 e. The van der Waals surface area contributed by atoms with Gasteiger partial charge in [0.25, 0.3) is 5.69 Å². The summed E-state index contributed by atoms with van der Waals surface area (Å²) < 4.78 is 4.81.